The Kier molecular flexibility index (Phi) is 7.13. The first-order valence-corrected chi connectivity index (χ1v) is 10.9. The minimum atomic E-state index is -0.0758. The van der Waals surface area contributed by atoms with Crippen molar-refractivity contribution in [2.24, 2.45) is 0 Å². The van der Waals surface area contributed by atoms with Crippen molar-refractivity contribution < 1.29 is 9.53 Å². The predicted molar refractivity (Wildman–Crippen MR) is 119 cm³/mol. The van der Waals surface area contributed by atoms with E-state index in [2.05, 4.69) is 39.5 Å². The summed E-state index contributed by atoms with van der Waals surface area (Å²) in [5.41, 5.74) is 1.95. The highest BCUT2D eigenvalue weighted by atomic mass is 32.2. The van der Waals surface area contributed by atoms with Gasteiger partial charge in [0.05, 0.1) is 12.7 Å². The number of carbonyl (C=O) groups excluding carboxylic acids is 1. The third-order valence-corrected chi connectivity index (χ3v) is 5.90. The number of nitrogens with one attached hydrogen (secondary N) is 1. The van der Waals surface area contributed by atoms with Crippen molar-refractivity contribution in [1.29, 1.82) is 0 Å². The Morgan fingerprint density at radius 2 is 1.87 bits per heavy atom. The van der Waals surface area contributed by atoms with E-state index >= 15 is 0 Å². The van der Waals surface area contributed by atoms with E-state index in [1.54, 1.807) is 18.0 Å². The van der Waals surface area contributed by atoms with Crippen molar-refractivity contribution in [3.8, 4) is 0 Å². The van der Waals surface area contributed by atoms with Crippen LogP contribution >= 0.6 is 11.8 Å². The maximum absolute atomic E-state index is 12.5. The van der Waals surface area contributed by atoms with Gasteiger partial charge >= 0.3 is 0 Å². The third kappa shape index (κ3) is 5.92. The van der Waals surface area contributed by atoms with E-state index in [1.807, 2.05) is 48.5 Å². The molecule has 1 amide bonds. The molecule has 1 saturated heterocycles. The van der Waals surface area contributed by atoms with Crippen LogP contribution in [0.2, 0.25) is 0 Å². The normalized spacial score (nSPS) is 16.9. The van der Waals surface area contributed by atoms with Gasteiger partial charge in [0.1, 0.15) is 5.03 Å². The molecule has 2 aromatic carbocycles. The van der Waals surface area contributed by atoms with Crippen LogP contribution in [0.25, 0.3) is 0 Å². The smallest absolute Gasteiger partial charge is 0.251 e. The number of carbonyl (C=O) groups is 1. The van der Waals surface area contributed by atoms with Crippen LogP contribution in [0.15, 0.2) is 88.9 Å². The highest BCUT2D eigenvalue weighted by Crippen LogP contribution is 2.25. The van der Waals surface area contributed by atoms with Gasteiger partial charge in [0.25, 0.3) is 5.91 Å². The Hall–Kier alpha value is -2.67. The van der Waals surface area contributed by atoms with Crippen LogP contribution in [0.5, 0.6) is 0 Å². The Balaban J connectivity index is 1.25. The molecular weight excluding hydrogens is 394 g/mol. The fourth-order valence-corrected chi connectivity index (χ4v) is 4.17. The monoisotopic (exact) mass is 419 g/mol. The van der Waals surface area contributed by atoms with Crippen LogP contribution in [-0.2, 0) is 11.3 Å². The number of rotatable bonds is 7. The van der Waals surface area contributed by atoms with Gasteiger partial charge in [0, 0.05) is 42.8 Å². The molecule has 154 valence electrons. The fraction of sp³-hybridized carbons (Fsp3) is 0.250. The average Bonchev–Trinajstić information content (AvgIpc) is 2.80. The molecule has 30 heavy (non-hydrogen) atoms. The number of morpholine rings is 1. The summed E-state index contributed by atoms with van der Waals surface area (Å²) in [5.74, 6) is -0.0758. The van der Waals surface area contributed by atoms with Crippen molar-refractivity contribution in [2.45, 2.75) is 22.6 Å². The molecular formula is C24H25N3O2S. The summed E-state index contributed by atoms with van der Waals surface area (Å²) in [6.07, 6.45) is 1.78. The number of amides is 1. The Morgan fingerprint density at radius 3 is 2.63 bits per heavy atom. The van der Waals surface area contributed by atoms with E-state index in [9.17, 15) is 4.79 Å². The van der Waals surface area contributed by atoms with Crippen molar-refractivity contribution in [2.75, 3.05) is 26.2 Å². The van der Waals surface area contributed by atoms with E-state index in [1.165, 1.54) is 5.56 Å². The first kappa shape index (κ1) is 20.6. The molecule has 3 aromatic rings. The molecule has 0 radical (unpaired) electrons. The lowest BCUT2D eigenvalue weighted by molar-refractivity contribution is -0.0292. The summed E-state index contributed by atoms with van der Waals surface area (Å²) in [6.45, 7) is 3.83. The third-order valence-electron chi connectivity index (χ3n) is 4.94. The number of aromatic nitrogens is 1. The van der Waals surface area contributed by atoms with Gasteiger partial charge in [-0.3, -0.25) is 9.69 Å². The van der Waals surface area contributed by atoms with E-state index < -0.39 is 0 Å². The van der Waals surface area contributed by atoms with Crippen molar-refractivity contribution in [3.05, 3.63) is 90.1 Å². The number of hydrogen-bond acceptors (Lipinski definition) is 5. The SMILES string of the molecule is O=C(NCC1CN(Cc2ccccc2)CCO1)c1ccc(Sc2ccccn2)cc1. The van der Waals surface area contributed by atoms with Gasteiger partial charge in [-0.25, -0.2) is 4.98 Å². The van der Waals surface area contributed by atoms with Crippen LogP contribution < -0.4 is 5.32 Å². The van der Waals surface area contributed by atoms with Crippen LogP contribution in [-0.4, -0.2) is 48.1 Å². The lowest BCUT2D eigenvalue weighted by Gasteiger charge is -2.33. The quantitative estimate of drug-likeness (QED) is 0.630. The summed E-state index contributed by atoms with van der Waals surface area (Å²) in [6, 6.07) is 23.9. The van der Waals surface area contributed by atoms with Gasteiger partial charge in [-0.2, -0.15) is 0 Å². The molecule has 0 spiro atoms. The van der Waals surface area contributed by atoms with Crippen LogP contribution in [0.3, 0.4) is 0 Å². The zero-order chi connectivity index (χ0) is 20.6. The van der Waals surface area contributed by atoms with Gasteiger partial charge in [-0.05, 0) is 42.0 Å². The van der Waals surface area contributed by atoms with E-state index in [-0.39, 0.29) is 12.0 Å². The Labute approximate surface area is 181 Å². The zero-order valence-corrected chi connectivity index (χ0v) is 17.6. The highest BCUT2D eigenvalue weighted by Gasteiger charge is 2.21. The molecule has 6 heteroatoms. The van der Waals surface area contributed by atoms with Crippen molar-refractivity contribution >= 4 is 17.7 Å². The summed E-state index contributed by atoms with van der Waals surface area (Å²) in [5, 5.41) is 3.95. The van der Waals surface area contributed by atoms with Gasteiger partial charge in [0.15, 0.2) is 0 Å². The molecule has 1 aliphatic rings. The van der Waals surface area contributed by atoms with Crippen molar-refractivity contribution in [1.82, 2.24) is 15.2 Å². The van der Waals surface area contributed by atoms with Crippen LogP contribution in [0.4, 0.5) is 0 Å². The number of ether oxygens (including phenoxy) is 1. The summed E-state index contributed by atoms with van der Waals surface area (Å²) in [4.78, 5) is 20.3. The first-order chi connectivity index (χ1) is 14.8. The highest BCUT2D eigenvalue weighted by molar-refractivity contribution is 7.99. The van der Waals surface area contributed by atoms with E-state index in [4.69, 9.17) is 4.74 Å². The number of hydrogen-bond donors (Lipinski definition) is 1. The second-order valence-corrected chi connectivity index (χ2v) is 8.31. The fourth-order valence-electron chi connectivity index (χ4n) is 3.40. The van der Waals surface area contributed by atoms with Gasteiger partial charge < -0.3 is 10.1 Å². The second kappa shape index (κ2) is 10.4. The molecule has 1 atom stereocenters. The largest absolute Gasteiger partial charge is 0.374 e. The maximum atomic E-state index is 12.5. The van der Waals surface area contributed by atoms with Crippen LogP contribution in [0, 0.1) is 0 Å². The molecule has 0 bridgehead atoms. The lowest BCUT2D eigenvalue weighted by Crippen LogP contribution is -2.47. The summed E-state index contributed by atoms with van der Waals surface area (Å²) < 4.78 is 5.85. The molecule has 0 aliphatic carbocycles. The minimum absolute atomic E-state index is 0.00500. The predicted octanol–water partition coefficient (Wildman–Crippen LogP) is 3.86. The minimum Gasteiger partial charge on any atom is -0.374 e. The van der Waals surface area contributed by atoms with Crippen molar-refractivity contribution in [3.63, 3.8) is 0 Å². The van der Waals surface area contributed by atoms with Gasteiger partial charge in [-0.15, -0.1) is 0 Å². The Morgan fingerprint density at radius 1 is 1.07 bits per heavy atom. The molecule has 1 aliphatic heterocycles. The Bertz CT molecular complexity index is 936. The topological polar surface area (TPSA) is 54.5 Å². The molecule has 0 saturated carbocycles. The molecule has 1 N–H and O–H groups in total. The first-order valence-electron chi connectivity index (χ1n) is 10.1. The summed E-state index contributed by atoms with van der Waals surface area (Å²) >= 11 is 1.58. The summed E-state index contributed by atoms with van der Waals surface area (Å²) in [7, 11) is 0. The van der Waals surface area contributed by atoms with Gasteiger partial charge in [-0.1, -0.05) is 48.2 Å². The van der Waals surface area contributed by atoms with Gasteiger partial charge in [0.2, 0.25) is 0 Å². The van der Waals surface area contributed by atoms with Crippen LogP contribution in [0.1, 0.15) is 15.9 Å². The molecule has 5 nitrogen and oxygen atoms in total. The molecule has 4 rings (SSSR count). The lowest BCUT2D eigenvalue weighted by atomic mass is 10.2. The molecule has 1 aromatic heterocycles. The molecule has 2 heterocycles. The van der Waals surface area contributed by atoms with E-state index in [0.29, 0.717) is 18.7 Å². The molecule has 1 unspecified atom stereocenters. The number of benzene rings is 2. The second-order valence-electron chi connectivity index (χ2n) is 7.22. The zero-order valence-electron chi connectivity index (χ0n) is 16.7. The average molecular weight is 420 g/mol. The maximum Gasteiger partial charge on any atom is 0.251 e. The van der Waals surface area contributed by atoms with E-state index in [0.717, 1.165) is 29.6 Å². The number of pyridine rings is 1. The number of nitrogens with zero attached hydrogens (tertiary/aromatic N) is 2. The molecule has 1 fully saturated rings. The standard InChI is InChI=1S/C24H25N3O2S/c28-24(20-9-11-22(12-10-20)30-23-8-4-5-13-25-23)26-16-21-18-27(14-15-29-21)17-19-6-2-1-3-7-19/h1-13,21H,14-18H2,(H,26,28).